The number of likely N-dealkylation sites (N-methyl/N-ethyl adjacent to an activating group) is 1. The van der Waals surface area contributed by atoms with E-state index in [-0.39, 0.29) is 26.1 Å². The number of phosphoric acid groups is 1. The number of carbonyl (C=O) groups excluding carboxylic acids is 2. The first-order chi connectivity index (χ1) is 31.0. The average molecular weight is 922 g/mol. The number of phosphoric ester groups is 1. The third kappa shape index (κ3) is 49.4. The van der Waals surface area contributed by atoms with E-state index in [4.69, 9.17) is 18.5 Å². The standard InChI is InChI=1S/C54H100NO8P/c1-6-8-10-12-14-16-18-20-22-23-24-25-26-27-28-29-30-31-33-35-37-39-41-43-45-47-54(57)63-52(51-62-64(58,59)61-49-48-55(3,4)5)50-60-53(56)46-44-42-40-38-36-34-32-21-19-17-15-13-11-9-7-2/h15,17-18,20-21,23-24,32,52H,6-14,16,19,22,25-31,33-51H2,1-5H3/b17-15-,20-18-,24-23-,32-21-. The summed E-state index contributed by atoms with van der Waals surface area (Å²) >= 11 is 0. The maximum Gasteiger partial charge on any atom is 0.306 e. The lowest BCUT2D eigenvalue weighted by Gasteiger charge is -2.28. The molecule has 0 aliphatic rings. The number of hydrogen-bond acceptors (Lipinski definition) is 8. The minimum Gasteiger partial charge on any atom is -0.756 e. The molecule has 0 aliphatic carbocycles. The summed E-state index contributed by atoms with van der Waals surface area (Å²) in [5.41, 5.74) is 0. The predicted molar refractivity (Wildman–Crippen MR) is 268 cm³/mol. The highest BCUT2D eigenvalue weighted by Gasteiger charge is 2.21. The Balaban J connectivity index is 4.20. The van der Waals surface area contributed by atoms with Crippen LogP contribution >= 0.6 is 7.82 Å². The van der Waals surface area contributed by atoms with E-state index in [0.717, 1.165) is 64.2 Å². The first kappa shape index (κ1) is 62.0. The van der Waals surface area contributed by atoms with Crippen LogP contribution in [0.3, 0.4) is 0 Å². The third-order valence-corrected chi connectivity index (χ3v) is 12.3. The molecule has 0 aromatic heterocycles. The highest BCUT2D eigenvalue weighted by molar-refractivity contribution is 7.45. The van der Waals surface area contributed by atoms with E-state index in [2.05, 4.69) is 62.5 Å². The van der Waals surface area contributed by atoms with Crippen LogP contribution in [-0.2, 0) is 32.7 Å². The monoisotopic (exact) mass is 922 g/mol. The summed E-state index contributed by atoms with van der Waals surface area (Å²) in [6.07, 6.45) is 55.7. The van der Waals surface area contributed by atoms with Gasteiger partial charge in [-0.25, -0.2) is 0 Å². The van der Waals surface area contributed by atoms with E-state index in [1.165, 1.54) is 128 Å². The zero-order chi connectivity index (χ0) is 47.1. The zero-order valence-corrected chi connectivity index (χ0v) is 43.1. The molecule has 9 nitrogen and oxygen atoms in total. The van der Waals surface area contributed by atoms with Gasteiger partial charge in [-0.3, -0.25) is 14.2 Å². The smallest absolute Gasteiger partial charge is 0.306 e. The van der Waals surface area contributed by atoms with E-state index >= 15 is 0 Å². The van der Waals surface area contributed by atoms with Crippen molar-refractivity contribution in [2.24, 2.45) is 0 Å². The van der Waals surface area contributed by atoms with Crippen molar-refractivity contribution in [1.82, 2.24) is 0 Å². The Hall–Kier alpha value is -2.03. The largest absolute Gasteiger partial charge is 0.756 e. The van der Waals surface area contributed by atoms with E-state index in [0.29, 0.717) is 23.9 Å². The van der Waals surface area contributed by atoms with E-state index < -0.39 is 32.5 Å². The van der Waals surface area contributed by atoms with Crippen LogP contribution in [0, 0.1) is 0 Å². The van der Waals surface area contributed by atoms with Crippen LogP contribution in [0.5, 0.6) is 0 Å². The van der Waals surface area contributed by atoms with Gasteiger partial charge in [0, 0.05) is 12.8 Å². The highest BCUT2D eigenvalue weighted by Crippen LogP contribution is 2.38. The molecule has 0 aliphatic heterocycles. The van der Waals surface area contributed by atoms with Crippen LogP contribution in [-0.4, -0.2) is 70.0 Å². The topological polar surface area (TPSA) is 111 Å². The fourth-order valence-electron chi connectivity index (χ4n) is 7.19. The molecular weight excluding hydrogens is 822 g/mol. The molecule has 0 aromatic rings. The van der Waals surface area contributed by atoms with Gasteiger partial charge in [0.1, 0.15) is 19.8 Å². The number of unbranched alkanes of at least 4 members (excludes halogenated alkanes) is 26. The molecule has 0 rings (SSSR count). The Morgan fingerprint density at radius 3 is 1.27 bits per heavy atom. The predicted octanol–water partition coefficient (Wildman–Crippen LogP) is 15.2. The Labute approximate surface area is 394 Å². The molecule has 2 unspecified atom stereocenters. The van der Waals surface area contributed by atoms with Gasteiger partial charge in [0.25, 0.3) is 7.82 Å². The molecule has 0 fully saturated rings. The molecule has 0 N–H and O–H groups in total. The number of carbonyl (C=O) groups is 2. The van der Waals surface area contributed by atoms with Gasteiger partial charge in [-0.2, -0.15) is 0 Å². The molecule has 0 heterocycles. The molecule has 0 amide bonds. The molecule has 374 valence electrons. The molecule has 2 atom stereocenters. The SMILES string of the molecule is CCCCC/C=C\C/C=C\CCCCCCCC(=O)OCC(COP(=O)([O-])OCC[N+](C)(C)C)OC(=O)CCCCCCCCCCCCCCC/C=C\C/C=C\CCCCCCC. The number of rotatable bonds is 48. The fourth-order valence-corrected chi connectivity index (χ4v) is 7.92. The minimum atomic E-state index is -4.63. The molecule has 0 saturated heterocycles. The van der Waals surface area contributed by atoms with Gasteiger partial charge < -0.3 is 27.9 Å². The normalized spacial score (nSPS) is 13.8. The van der Waals surface area contributed by atoms with Crippen molar-refractivity contribution in [2.75, 3.05) is 47.5 Å². The minimum absolute atomic E-state index is 0.0339. The van der Waals surface area contributed by atoms with Gasteiger partial charge in [-0.15, -0.1) is 0 Å². The molecule has 64 heavy (non-hydrogen) atoms. The Kier molecular flexibility index (Phi) is 44.6. The maximum absolute atomic E-state index is 12.8. The molecule has 0 aromatic carbocycles. The lowest BCUT2D eigenvalue weighted by atomic mass is 10.0. The second-order valence-electron chi connectivity index (χ2n) is 18.9. The molecular formula is C54H100NO8P. The van der Waals surface area contributed by atoms with E-state index in [9.17, 15) is 19.0 Å². The van der Waals surface area contributed by atoms with Crippen molar-refractivity contribution in [3.05, 3.63) is 48.6 Å². The number of nitrogens with zero attached hydrogens (tertiary/aromatic N) is 1. The maximum atomic E-state index is 12.8. The Morgan fingerprint density at radius 2 is 0.844 bits per heavy atom. The van der Waals surface area contributed by atoms with Crippen LogP contribution in [0.2, 0.25) is 0 Å². The van der Waals surface area contributed by atoms with Crippen LogP contribution in [0.15, 0.2) is 48.6 Å². The number of ether oxygens (including phenoxy) is 2. The molecule has 0 radical (unpaired) electrons. The van der Waals surface area contributed by atoms with E-state index in [1.54, 1.807) is 0 Å². The average Bonchev–Trinajstić information content (AvgIpc) is 3.25. The highest BCUT2D eigenvalue weighted by atomic mass is 31.2. The van der Waals surface area contributed by atoms with Crippen molar-refractivity contribution in [3.63, 3.8) is 0 Å². The number of allylic oxidation sites excluding steroid dienone is 8. The summed E-state index contributed by atoms with van der Waals surface area (Å²) in [5.74, 6) is -0.847. The summed E-state index contributed by atoms with van der Waals surface area (Å²) in [5, 5.41) is 0. The quantitative estimate of drug-likeness (QED) is 0.0195. The van der Waals surface area contributed by atoms with Gasteiger partial charge >= 0.3 is 11.9 Å². The molecule has 0 spiro atoms. The lowest BCUT2D eigenvalue weighted by Crippen LogP contribution is -2.37. The molecule has 0 bridgehead atoms. The van der Waals surface area contributed by atoms with Crippen molar-refractivity contribution in [1.29, 1.82) is 0 Å². The lowest BCUT2D eigenvalue weighted by molar-refractivity contribution is -0.870. The van der Waals surface area contributed by atoms with Crippen molar-refractivity contribution < 1.29 is 42.1 Å². The summed E-state index contributed by atoms with van der Waals surface area (Å²) < 4.78 is 34.0. The summed E-state index contributed by atoms with van der Waals surface area (Å²) in [6.45, 7) is 4.19. The number of quaternary nitrogens is 1. The summed E-state index contributed by atoms with van der Waals surface area (Å²) in [4.78, 5) is 37.7. The van der Waals surface area contributed by atoms with Crippen molar-refractivity contribution in [3.8, 4) is 0 Å². The number of hydrogen-bond donors (Lipinski definition) is 0. The second kappa shape index (κ2) is 46.1. The Bertz CT molecular complexity index is 1230. The van der Waals surface area contributed by atoms with Gasteiger partial charge in [-0.1, -0.05) is 191 Å². The summed E-state index contributed by atoms with van der Waals surface area (Å²) in [7, 11) is 1.16. The van der Waals surface area contributed by atoms with Crippen LogP contribution < -0.4 is 4.89 Å². The van der Waals surface area contributed by atoms with Crippen molar-refractivity contribution >= 4 is 19.8 Å². The van der Waals surface area contributed by atoms with Gasteiger partial charge in [0.15, 0.2) is 6.10 Å². The molecule has 0 saturated carbocycles. The summed E-state index contributed by atoms with van der Waals surface area (Å²) in [6, 6.07) is 0. The Morgan fingerprint density at radius 1 is 0.484 bits per heavy atom. The first-order valence-corrected chi connectivity index (χ1v) is 27.8. The van der Waals surface area contributed by atoms with Crippen LogP contribution in [0.4, 0.5) is 0 Å². The van der Waals surface area contributed by atoms with Gasteiger partial charge in [0.05, 0.1) is 27.7 Å². The number of esters is 2. The molecule has 10 heteroatoms. The van der Waals surface area contributed by atoms with Crippen LogP contribution in [0.25, 0.3) is 0 Å². The van der Waals surface area contributed by atoms with Crippen LogP contribution in [0.1, 0.15) is 232 Å². The first-order valence-electron chi connectivity index (χ1n) is 26.3. The van der Waals surface area contributed by atoms with Gasteiger partial charge in [-0.05, 0) is 77.0 Å². The zero-order valence-electron chi connectivity index (χ0n) is 42.2. The van der Waals surface area contributed by atoms with Crippen molar-refractivity contribution in [2.45, 2.75) is 238 Å². The fraction of sp³-hybridized carbons (Fsp3) is 0.815. The second-order valence-corrected chi connectivity index (χ2v) is 20.3. The van der Waals surface area contributed by atoms with Gasteiger partial charge in [0.2, 0.25) is 0 Å². The van der Waals surface area contributed by atoms with E-state index in [1.807, 2.05) is 21.1 Å². The third-order valence-electron chi connectivity index (χ3n) is 11.3.